The molecule has 0 bridgehead atoms. The van der Waals surface area contributed by atoms with Gasteiger partial charge in [0.15, 0.2) is 5.96 Å². The van der Waals surface area contributed by atoms with Crippen molar-refractivity contribution in [1.82, 2.24) is 0 Å². The van der Waals surface area contributed by atoms with Crippen molar-refractivity contribution in [3.63, 3.8) is 0 Å². The minimum atomic E-state index is -0.209. The van der Waals surface area contributed by atoms with E-state index in [0.29, 0.717) is 22.6 Å². The minimum Gasteiger partial charge on any atom is -0.495 e. The Hall–Kier alpha value is -1.54. The van der Waals surface area contributed by atoms with E-state index in [2.05, 4.69) is 10.3 Å². The van der Waals surface area contributed by atoms with Gasteiger partial charge in [-0.25, -0.2) is 9.38 Å². The first-order chi connectivity index (χ1) is 11.5. The summed E-state index contributed by atoms with van der Waals surface area (Å²) < 4.78 is 18.1. The third kappa shape index (κ3) is 4.98. The Labute approximate surface area is 168 Å². The van der Waals surface area contributed by atoms with E-state index in [1.807, 2.05) is 18.2 Å². The number of rotatable bonds is 4. The smallest absolute Gasteiger partial charge is 0.193 e. The lowest BCUT2D eigenvalue weighted by Gasteiger charge is -2.33. The number of nitrogens with two attached hydrogens (primary N) is 1. The number of hydrogen-bond donors (Lipinski definition) is 2. The fourth-order valence-electron chi connectivity index (χ4n) is 2.82. The van der Waals surface area contributed by atoms with Crippen molar-refractivity contribution in [2.45, 2.75) is 24.8 Å². The van der Waals surface area contributed by atoms with Crippen LogP contribution < -0.4 is 15.8 Å². The summed E-state index contributed by atoms with van der Waals surface area (Å²) in [5.41, 5.74) is 7.87. The normalized spacial score (nSPS) is 19.6. The van der Waals surface area contributed by atoms with E-state index in [0.717, 1.165) is 24.1 Å². The number of benzene rings is 2. The van der Waals surface area contributed by atoms with Gasteiger partial charge in [-0.05, 0) is 54.7 Å². The molecule has 3 N–H and O–H groups in total. The summed E-state index contributed by atoms with van der Waals surface area (Å²) in [4.78, 5) is 4.48. The lowest BCUT2D eigenvalue weighted by atomic mass is 9.76. The molecule has 1 fully saturated rings. The monoisotopic (exact) mass is 475 g/mol. The maximum Gasteiger partial charge on any atom is 0.193 e. The van der Waals surface area contributed by atoms with Gasteiger partial charge in [0, 0.05) is 5.69 Å². The molecule has 0 spiro atoms. The van der Waals surface area contributed by atoms with Crippen LogP contribution in [0.1, 0.15) is 24.3 Å². The van der Waals surface area contributed by atoms with Gasteiger partial charge >= 0.3 is 0 Å². The summed E-state index contributed by atoms with van der Waals surface area (Å²) in [6.45, 7) is 0. The minimum absolute atomic E-state index is 0. The molecule has 1 aliphatic rings. The molecule has 0 radical (unpaired) electrons. The van der Waals surface area contributed by atoms with E-state index in [1.54, 1.807) is 19.2 Å². The number of nitrogens with one attached hydrogen (secondary N) is 1. The fourth-order valence-corrected chi connectivity index (χ4v) is 3.08. The van der Waals surface area contributed by atoms with Crippen LogP contribution >= 0.6 is 35.6 Å². The van der Waals surface area contributed by atoms with Crippen LogP contribution in [0.25, 0.3) is 0 Å². The maximum atomic E-state index is 12.9. The first-order valence-electron chi connectivity index (χ1n) is 7.74. The number of hydrogen-bond acceptors (Lipinski definition) is 2. The SMILES string of the molecule is COc1ccc(NC(N)=NC2CC(c3ccc(F)cc3)C2)cc1Cl.I. The number of nitrogens with zero attached hydrogens (tertiary/aromatic N) is 1. The molecule has 0 saturated heterocycles. The Morgan fingerprint density at radius 2 is 1.92 bits per heavy atom. The van der Waals surface area contributed by atoms with Gasteiger partial charge in [-0.15, -0.1) is 24.0 Å². The molecule has 7 heteroatoms. The van der Waals surface area contributed by atoms with Crippen LogP contribution in [0, 0.1) is 5.82 Å². The second-order valence-corrected chi connectivity index (χ2v) is 6.27. The average Bonchev–Trinajstić information content (AvgIpc) is 2.52. The van der Waals surface area contributed by atoms with Crippen LogP contribution in [0.15, 0.2) is 47.5 Å². The molecule has 25 heavy (non-hydrogen) atoms. The third-order valence-electron chi connectivity index (χ3n) is 4.20. The van der Waals surface area contributed by atoms with Crippen LogP contribution in [0.2, 0.25) is 5.02 Å². The van der Waals surface area contributed by atoms with Crippen molar-refractivity contribution >= 4 is 47.2 Å². The highest BCUT2D eigenvalue weighted by atomic mass is 127. The zero-order valence-corrected chi connectivity index (χ0v) is 16.8. The Morgan fingerprint density at radius 3 is 2.52 bits per heavy atom. The van der Waals surface area contributed by atoms with E-state index in [9.17, 15) is 4.39 Å². The molecule has 0 aliphatic heterocycles. The zero-order chi connectivity index (χ0) is 17.1. The number of guanidine groups is 1. The Balaban J connectivity index is 0.00000225. The number of ether oxygens (including phenoxy) is 1. The van der Waals surface area contributed by atoms with Gasteiger partial charge < -0.3 is 15.8 Å². The molecule has 0 unspecified atom stereocenters. The van der Waals surface area contributed by atoms with Crippen LogP contribution in [0.5, 0.6) is 5.75 Å². The lowest BCUT2D eigenvalue weighted by molar-refractivity contribution is 0.353. The second-order valence-electron chi connectivity index (χ2n) is 5.86. The fraction of sp³-hybridized carbons (Fsp3) is 0.278. The highest BCUT2D eigenvalue weighted by Crippen LogP contribution is 2.38. The largest absolute Gasteiger partial charge is 0.495 e. The number of anilines is 1. The molecule has 0 aromatic heterocycles. The average molecular weight is 476 g/mol. The van der Waals surface area contributed by atoms with E-state index in [1.165, 1.54) is 12.1 Å². The molecule has 0 heterocycles. The van der Waals surface area contributed by atoms with Gasteiger partial charge in [-0.2, -0.15) is 0 Å². The van der Waals surface area contributed by atoms with Gasteiger partial charge in [0.1, 0.15) is 11.6 Å². The first-order valence-corrected chi connectivity index (χ1v) is 8.12. The quantitative estimate of drug-likeness (QED) is 0.380. The Morgan fingerprint density at radius 1 is 1.24 bits per heavy atom. The molecular weight excluding hydrogens is 456 g/mol. The molecule has 0 atom stereocenters. The van der Waals surface area contributed by atoms with E-state index < -0.39 is 0 Å². The number of methoxy groups -OCH3 is 1. The van der Waals surface area contributed by atoms with Gasteiger partial charge in [0.05, 0.1) is 18.2 Å². The van der Waals surface area contributed by atoms with Crippen molar-refractivity contribution in [2.24, 2.45) is 10.7 Å². The summed E-state index contributed by atoms with van der Waals surface area (Å²) in [5.74, 6) is 1.18. The molecule has 2 aromatic carbocycles. The molecule has 3 rings (SSSR count). The summed E-state index contributed by atoms with van der Waals surface area (Å²) in [6, 6.07) is 12.2. The van der Waals surface area contributed by atoms with Crippen LogP contribution in [0.4, 0.5) is 10.1 Å². The molecule has 1 aliphatic carbocycles. The molecule has 0 amide bonds. The highest BCUT2D eigenvalue weighted by Gasteiger charge is 2.30. The van der Waals surface area contributed by atoms with Crippen molar-refractivity contribution < 1.29 is 9.13 Å². The third-order valence-corrected chi connectivity index (χ3v) is 4.50. The van der Waals surface area contributed by atoms with Crippen LogP contribution in [-0.2, 0) is 0 Å². The zero-order valence-electron chi connectivity index (χ0n) is 13.7. The van der Waals surface area contributed by atoms with E-state index in [4.69, 9.17) is 22.1 Å². The predicted molar refractivity (Wildman–Crippen MR) is 111 cm³/mol. The van der Waals surface area contributed by atoms with E-state index >= 15 is 0 Å². The lowest BCUT2D eigenvalue weighted by Crippen LogP contribution is -2.31. The summed E-state index contributed by atoms with van der Waals surface area (Å²) in [7, 11) is 1.57. The van der Waals surface area contributed by atoms with E-state index in [-0.39, 0.29) is 35.8 Å². The van der Waals surface area contributed by atoms with Crippen LogP contribution in [0.3, 0.4) is 0 Å². The summed E-state index contributed by atoms with van der Waals surface area (Å²) in [6.07, 6.45) is 1.83. The standard InChI is InChI=1S/C18H19ClFN3O.HI/c1-24-17-7-6-14(10-16(17)19)22-18(21)23-15-8-12(9-15)11-2-4-13(20)5-3-11;/h2-7,10,12,15H,8-9H2,1H3,(H3,21,22,23);1H. The number of aliphatic imine (C=N–C) groups is 1. The summed E-state index contributed by atoms with van der Waals surface area (Å²) in [5, 5.41) is 3.54. The topological polar surface area (TPSA) is 59.6 Å². The van der Waals surface area contributed by atoms with Gasteiger partial charge in [-0.3, -0.25) is 0 Å². The molecule has 1 saturated carbocycles. The van der Waals surface area contributed by atoms with Crippen molar-refractivity contribution in [3.8, 4) is 5.75 Å². The van der Waals surface area contributed by atoms with Crippen molar-refractivity contribution in [1.29, 1.82) is 0 Å². The van der Waals surface area contributed by atoms with Crippen molar-refractivity contribution in [3.05, 3.63) is 58.9 Å². The molecule has 2 aromatic rings. The highest BCUT2D eigenvalue weighted by molar-refractivity contribution is 14.0. The first kappa shape index (κ1) is 19.8. The van der Waals surface area contributed by atoms with Gasteiger partial charge in [0.2, 0.25) is 0 Å². The Bertz CT molecular complexity index is 748. The maximum absolute atomic E-state index is 12.9. The molecule has 4 nitrogen and oxygen atoms in total. The Kier molecular flexibility index (Phi) is 6.89. The second kappa shape index (κ2) is 8.71. The predicted octanol–water partition coefficient (Wildman–Crippen LogP) is 4.78. The van der Waals surface area contributed by atoms with Crippen LogP contribution in [-0.4, -0.2) is 19.1 Å². The van der Waals surface area contributed by atoms with Crippen molar-refractivity contribution in [2.75, 3.05) is 12.4 Å². The summed E-state index contributed by atoms with van der Waals surface area (Å²) >= 11 is 6.08. The number of halogens is 3. The molecule has 134 valence electrons. The van der Waals surface area contributed by atoms with Gasteiger partial charge in [0.25, 0.3) is 0 Å². The molecular formula is C18H20ClFIN3O. The van der Waals surface area contributed by atoms with Gasteiger partial charge in [-0.1, -0.05) is 23.7 Å².